The molecular formula is C17H19N3O3. The molecule has 0 aliphatic carbocycles. The molecule has 3 aromatic rings. The second-order valence-electron chi connectivity index (χ2n) is 5.63. The number of fused-ring (bicyclic) bond motifs is 1. The molecule has 1 unspecified atom stereocenters. The Balaban J connectivity index is 1.68. The molecule has 0 spiro atoms. The van der Waals surface area contributed by atoms with Crippen LogP contribution in [0.3, 0.4) is 0 Å². The first-order chi connectivity index (χ1) is 11.0. The molecule has 1 aromatic heterocycles. The van der Waals surface area contributed by atoms with E-state index >= 15 is 0 Å². The Morgan fingerprint density at radius 1 is 1.13 bits per heavy atom. The van der Waals surface area contributed by atoms with E-state index in [4.69, 9.17) is 0 Å². The van der Waals surface area contributed by atoms with Crippen molar-refractivity contribution < 1.29 is 15.3 Å². The zero-order chi connectivity index (χ0) is 16.4. The van der Waals surface area contributed by atoms with Crippen LogP contribution < -0.4 is 0 Å². The standard InChI is InChI=1S/C17H19N3O3/c1-20(9-15(22)11-5-4-8-14(21)17(11)23)10-16-18-12-6-2-3-7-13(12)19-16/h2-8,15,21-23H,9-10H2,1H3,(H,18,19). The fraction of sp³-hybridized carbons (Fsp3) is 0.235. The number of hydrogen-bond donors (Lipinski definition) is 4. The number of phenolic OH excluding ortho intramolecular Hbond substituents is 2. The highest BCUT2D eigenvalue weighted by molar-refractivity contribution is 5.74. The molecule has 1 atom stereocenters. The third-order valence-electron chi connectivity index (χ3n) is 3.75. The van der Waals surface area contributed by atoms with Gasteiger partial charge in [0, 0.05) is 12.1 Å². The summed E-state index contributed by atoms with van der Waals surface area (Å²) in [7, 11) is 1.86. The zero-order valence-corrected chi connectivity index (χ0v) is 12.8. The lowest BCUT2D eigenvalue weighted by molar-refractivity contribution is 0.120. The van der Waals surface area contributed by atoms with Crippen molar-refractivity contribution in [2.75, 3.05) is 13.6 Å². The van der Waals surface area contributed by atoms with E-state index in [2.05, 4.69) is 9.97 Å². The number of aliphatic hydroxyl groups is 1. The number of aromatic nitrogens is 2. The van der Waals surface area contributed by atoms with Crippen molar-refractivity contribution in [3.05, 3.63) is 53.9 Å². The Kier molecular flexibility index (Phi) is 4.18. The summed E-state index contributed by atoms with van der Waals surface area (Å²) >= 11 is 0. The number of aromatic amines is 1. The van der Waals surface area contributed by atoms with Crippen LogP contribution in [0.15, 0.2) is 42.5 Å². The lowest BCUT2D eigenvalue weighted by atomic mass is 10.1. The summed E-state index contributed by atoms with van der Waals surface area (Å²) in [6.07, 6.45) is -0.906. The summed E-state index contributed by atoms with van der Waals surface area (Å²) in [5.74, 6) is 0.291. The van der Waals surface area contributed by atoms with Crippen LogP contribution in [0.4, 0.5) is 0 Å². The first-order valence-electron chi connectivity index (χ1n) is 7.35. The highest BCUT2D eigenvalue weighted by Crippen LogP contribution is 2.32. The normalized spacial score (nSPS) is 12.8. The molecule has 23 heavy (non-hydrogen) atoms. The minimum Gasteiger partial charge on any atom is -0.504 e. The van der Waals surface area contributed by atoms with Crippen LogP contribution in [-0.2, 0) is 6.54 Å². The first kappa shape index (κ1) is 15.3. The second-order valence-corrected chi connectivity index (χ2v) is 5.63. The van der Waals surface area contributed by atoms with Crippen molar-refractivity contribution in [1.82, 2.24) is 14.9 Å². The van der Waals surface area contributed by atoms with Crippen molar-refractivity contribution >= 4 is 11.0 Å². The van der Waals surface area contributed by atoms with E-state index < -0.39 is 6.10 Å². The zero-order valence-electron chi connectivity index (χ0n) is 12.8. The molecule has 3 rings (SSSR count). The van der Waals surface area contributed by atoms with Crippen molar-refractivity contribution in [3.8, 4) is 11.5 Å². The molecule has 0 aliphatic heterocycles. The maximum atomic E-state index is 10.3. The average Bonchev–Trinajstić information content (AvgIpc) is 2.91. The molecule has 4 N–H and O–H groups in total. The van der Waals surface area contributed by atoms with Crippen LogP contribution >= 0.6 is 0 Å². The third-order valence-corrected chi connectivity index (χ3v) is 3.75. The molecule has 6 heteroatoms. The summed E-state index contributed by atoms with van der Waals surface area (Å²) in [6, 6.07) is 12.3. The maximum Gasteiger partial charge on any atom is 0.163 e. The van der Waals surface area contributed by atoms with Crippen LogP contribution in [0.5, 0.6) is 11.5 Å². The Bertz CT molecular complexity index is 783. The molecule has 120 valence electrons. The summed E-state index contributed by atoms with van der Waals surface area (Å²) in [4.78, 5) is 9.63. The topological polar surface area (TPSA) is 92.6 Å². The average molecular weight is 313 g/mol. The van der Waals surface area contributed by atoms with Crippen LogP contribution in [0.25, 0.3) is 11.0 Å². The predicted octanol–water partition coefficient (Wildman–Crippen LogP) is 2.14. The number of rotatable bonds is 5. The number of hydrogen-bond acceptors (Lipinski definition) is 5. The van der Waals surface area contributed by atoms with Crippen molar-refractivity contribution in [2.24, 2.45) is 0 Å². The third kappa shape index (κ3) is 3.28. The SMILES string of the molecule is CN(Cc1nc2ccccc2[nH]1)CC(O)c1cccc(O)c1O. The van der Waals surface area contributed by atoms with E-state index in [1.54, 1.807) is 12.1 Å². The summed E-state index contributed by atoms with van der Waals surface area (Å²) in [5.41, 5.74) is 2.19. The highest BCUT2D eigenvalue weighted by atomic mass is 16.3. The molecule has 0 aliphatic rings. The van der Waals surface area contributed by atoms with Crippen LogP contribution in [-0.4, -0.2) is 43.8 Å². The van der Waals surface area contributed by atoms with Gasteiger partial charge in [0.15, 0.2) is 11.5 Å². The molecule has 2 aromatic carbocycles. The van der Waals surface area contributed by atoms with Crippen LogP contribution in [0.1, 0.15) is 17.5 Å². The highest BCUT2D eigenvalue weighted by Gasteiger charge is 2.17. The fourth-order valence-corrected chi connectivity index (χ4v) is 2.61. The van der Waals surface area contributed by atoms with Crippen LogP contribution in [0.2, 0.25) is 0 Å². The van der Waals surface area contributed by atoms with Gasteiger partial charge in [0.25, 0.3) is 0 Å². The van der Waals surface area contributed by atoms with Crippen molar-refractivity contribution in [1.29, 1.82) is 0 Å². The Labute approximate surface area is 133 Å². The smallest absolute Gasteiger partial charge is 0.163 e. The molecule has 0 saturated carbocycles. The van der Waals surface area contributed by atoms with Gasteiger partial charge in [0.2, 0.25) is 0 Å². The number of nitrogens with one attached hydrogen (secondary N) is 1. The van der Waals surface area contributed by atoms with Gasteiger partial charge in [-0.05, 0) is 25.2 Å². The van der Waals surface area contributed by atoms with Gasteiger partial charge in [0.1, 0.15) is 5.82 Å². The Morgan fingerprint density at radius 2 is 1.91 bits per heavy atom. The first-order valence-corrected chi connectivity index (χ1v) is 7.35. The van der Waals surface area contributed by atoms with Crippen molar-refractivity contribution in [3.63, 3.8) is 0 Å². The molecule has 6 nitrogen and oxygen atoms in total. The monoisotopic (exact) mass is 313 g/mol. The Hall–Kier alpha value is -2.57. The lowest BCUT2D eigenvalue weighted by Gasteiger charge is -2.20. The lowest BCUT2D eigenvalue weighted by Crippen LogP contribution is -2.24. The number of aliphatic hydroxyl groups excluding tert-OH is 1. The minimum atomic E-state index is -0.906. The predicted molar refractivity (Wildman–Crippen MR) is 87.2 cm³/mol. The molecule has 0 radical (unpaired) electrons. The van der Waals surface area contributed by atoms with E-state index in [0.717, 1.165) is 16.9 Å². The van der Waals surface area contributed by atoms with Gasteiger partial charge in [-0.2, -0.15) is 0 Å². The molecule has 0 fully saturated rings. The number of benzene rings is 2. The van der Waals surface area contributed by atoms with Gasteiger partial charge in [-0.15, -0.1) is 0 Å². The number of aromatic hydroxyl groups is 2. The Morgan fingerprint density at radius 3 is 2.70 bits per heavy atom. The van der Waals surface area contributed by atoms with E-state index in [1.165, 1.54) is 6.07 Å². The summed E-state index contributed by atoms with van der Waals surface area (Å²) in [5, 5.41) is 29.6. The maximum absolute atomic E-state index is 10.3. The van der Waals surface area contributed by atoms with E-state index in [-0.39, 0.29) is 11.5 Å². The number of phenols is 2. The summed E-state index contributed by atoms with van der Waals surface area (Å²) < 4.78 is 0. The fourth-order valence-electron chi connectivity index (χ4n) is 2.61. The quantitative estimate of drug-likeness (QED) is 0.542. The van der Waals surface area contributed by atoms with E-state index in [9.17, 15) is 15.3 Å². The molecule has 0 saturated heterocycles. The van der Waals surface area contributed by atoms with Gasteiger partial charge in [-0.3, -0.25) is 4.90 Å². The number of H-pyrrole nitrogens is 1. The molecule has 0 amide bonds. The molecular weight excluding hydrogens is 294 g/mol. The van der Waals surface area contributed by atoms with Gasteiger partial charge in [0.05, 0.1) is 23.7 Å². The second kappa shape index (κ2) is 6.28. The molecule has 1 heterocycles. The van der Waals surface area contributed by atoms with Crippen molar-refractivity contribution in [2.45, 2.75) is 12.6 Å². The van der Waals surface area contributed by atoms with Gasteiger partial charge >= 0.3 is 0 Å². The summed E-state index contributed by atoms with van der Waals surface area (Å²) in [6.45, 7) is 0.833. The van der Waals surface area contributed by atoms with E-state index in [1.807, 2.05) is 36.2 Å². The number of likely N-dealkylation sites (N-methyl/N-ethyl adjacent to an activating group) is 1. The van der Waals surface area contributed by atoms with Gasteiger partial charge in [-0.1, -0.05) is 24.3 Å². The van der Waals surface area contributed by atoms with Crippen LogP contribution in [0, 0.1) is 0 Å². The number of imidazole rings is 1. The largest absolute Gasteiger partial charge is 0.504 e. The van der Waals surface area contributed by atoms with E-state index in [0.29, 0.717) is 18.7 Å². The number of nitrogens with zero attached hydrogens (tertiary/aromatic N) is 2. The number of para-hydroxylation sites is 3. The van der Waals surface area contributed by atoms with Gasteiger partial charge in [-0.25, -0.2) is 4.98 Å². The minimum absolute atomic E-state index is 0.235. The molecule has 0 bridgehead atoms. The van der Waals surface area contributed by atoms with Gasteiger partial charge < -0.3 is 20.3 Å².